The van der Waals surface area contributed by atoms with Gasteiger partial charge in [-0.3, -0.25) is 4.79 Å². The molecule has 21 heavy (non-hydrogen) atoms. The summed E-state index contributed by atoms with van der Waals surface area (Å²) in [5.41, 5.74) is -0.0997. The molecule has 0 aliphatic carbocycles. The van der Waals surface area contributed by atoms with Crippen molar-refractivity contribution < 1.29 is 19.5 Å². The van der Waals surface area contributed by atoms with E-state index in [1.165, 1.54) is 19.3 Å². The minimum absolute atomic E-state index is 0.0321. The van der Waals surface area contributed by atoms with Gasteiger partial charge in [0.2, 0.25) is 6.10 Å². The third-order valence-electron chi connectivity index (χ3n) is 4.07. The van der Waals surface area contributed by atoms with Crippen molar-refractivity contribution in [2.24, 2.45) is 5.16 Å². The number of carbonyl (C=O) groups excluding carboxylic acids is 1. The van der Waals surface area contributed by atoms with Gasteiger partial charge < -0.3 is 20.2 Å². The Labute approximate surface area is 124 Å². The predicted octanol–water partition coefficient (Wildman–Crippen LogP) is 0.597. The van der Waals surface area contributed by atoms with Crippen molar-refractivity contribution in [3.05, 3.63) is 0 Å². The van der Waals surface area contributed by atoms with E-state index in [2.05, 4.69) is 22.3 Å². The van der Waals surface area contributed by atoms with Gasteiger partial charge in [0.25, 0.3) is 5.91 Å². The predicted molar refractivity (Wildman–Crippen MR) is 77.1 cm³/mol. The molecule has 7 nitrogen and oxygen atoms in total. The average molecular weight is 297 g/mol. The fourth-order valence-electron chi connectivity index (χ4n) is 2.74. The van der Waals surface area contributed by atoms with Crippen molar-refractivity contribution in [2.75, 3.05) is 19.6 Å². The van der Waals surface area contributed by atoms with Crippen LogP contribution in [0.3, 0.4) is 0 Å². The van der Waals surface area contributed by atoms with Gasteiger partial charge in [-0.1, -0.05) is 11.6 Å². The van der Waals surface area contributed by atoms with E-state index in [1.54, 1.807) is 0 Å². The Morgan fingerprint density at radius 1 is 1.48 bits per heavy atom. The second-order valence-corrected chi connectivity index (χ2v) is 5.67. The van der Waals surface area contributed by atoms with Crippen LogP contribution in [-0.4, -0.2) is 59.4 Å². The topological polar surface area (TPSA) is 91.2 Å². The number of carboxylic acid groups (broad SMARTS) is 1. The second kappa shape index (κ2) is 7.40. The van der Waals surface area contributed by atoms with Crippen molar-refractivity contribution in [3.8, 4) is 0 Å². The largest absolute Gasteiger partial charge is 0.477 e. The highest BCUT2D eigenvalue weighted by molar-refractivity contribution is 6.36. The molecule has 0 aromatic carbocycles. The van der Waals surface area contributed by atoms with Gasteiger partial charge in [-0.05, 0) is 32.7 Å². The van der Waals surface area contributed by atoms with Crippen LogP contribution < -0.4 is 5.32 Å². The zero-order valence-electron chi connectivity index (χ0n) is 12.4. The van der Waals surface area contributed by atoms with Gasteiger partial charge in [0.1, 0.15) is 0 Å². The van der Waals surface area contributed by atoms with Crippen LogP contribution in [0.2, 0.25) is 0 Å². The first kappa shape index (κ1) is 15.8. The van der Waals surface area contributed by atoms with Gasteiger partial charge in [-0.25, -0.2) is 4.79 Å². The van der Waals surface area contributed by atoms with Crippen LogP contribution in [-0.2, 0) is 14.4 Å². The fourth-order valence-corrected chi connectivity index (χ4v) is 2.74. The van der Waals surface area contributed by atoms with Crippen LogP contribution in [0.4, 0.5) is 0 Å². The maximum absolute atomic E-state index is 11.8. The number of amides is 1. The van der Waals surface area contributed by atoms with Gasteiger partial charge in [-0.15, -0.1) is 0 Å². The number of carboxylic acids is 1. The SMILES string of the molecule is CC1CCCCN1CCCNC(=O)C1CC(C(=O)O)=NO1. The molecule has 1 fully saturated rings. The van der Waals surface area contributed by atoms with Crippen LogP contribution in [0.1, 0.15) is 39.0 Å². The summed E-state index contributed by atoms with van der Waals surface area (Å²) in [4.78, 5) is 29.8. The van der Waals surface area contributed by atoms with E-state index >= 15 is 0 Å². The molecule has 2 N–H and O–H groups in total. The first-order valence-electron chi connectivity index (χ1n) is 7.55. The summed E-state index contributed by atoms with van der Waals surface area (Å²) >= 11 is 0. The van der Waals surface area contributed by atoms with E-state index in [0.29, 0.717) is 12.6 Å². The van der Waals surface area contributed by atoms with Gasteiger partial charge in [0, 0.05) is 25.6 Å². The molecule has 0 spiro atoms. The summed E-state index contributed by atoms with van der Waals surface area (Å²) < 4.78 is 0. The Hall–Kier alpha value is -1.63. The first-order valence-corrected chi connectivity index (χ1v) is 7.55. The molecule has 118 valence electrons. The summed E-state index contributed by atoms with van der Waals surface area (Å²) in [6, 6.07) is 0.624. The highest BCUT2D eigenvalue weighted by atomic mass is 16.6. The quantitative estimate of drug-likeness (QED) is 0.700. The van der Waals surface area contributed by atoms with E-state index in [4.69, 9.17) is 9.94 Å². The van der Waals surface area contributed by atoms with Crippen LogP contribution in [0.5, 0.6) is 0 Å². The number of aliphatic carboxylic acids is 1. The molecule has 1 amide bonds. The van der Waals surface area contributed by atoms with Crippen LogP contribution in [0, 0.1) is 0 Å². The zero-order valence-corrected chi connectivity index (χ0v) is 12.4. The summed E-state index contributed by atoms with van der Waals surface area (Å²) in [5.74, 6) is -1.42. The third-order valence-corrected chi connectivity index (χ3v) is 4.07. The third kappa shape index (κ3) is 4.42. The van der Waals surface area contributed by atoms with Crippen molar-refractivity contribution >= 4 is 17.6 Å². The summed E-state index contributed by atoms with van der Waals surface area (Å²) in [6.45, 7) is 4.93. The van der Waals surface area contributed by atoms with E-state index in [9.17, 15) is 9.59 Å². The fraction of sp³-hybridized carbons (Fsp3) is 0.786. The number of hydrogen-bond donors (Lipinski definition) is 2. The maximum Gasteiger partial charge on any atom is 0.353 e. The molecule has 2 aliphatic heterocycles. The molecule has 2 rings (SSSR count). The lowest BCUT2D eigenvalue weighted by Gasteiger charge is -2.33. The number of rotatable bonds is 6. The molecular formula is C14H23N3O4. The van der Waals surface area contributed by atoms with Crippen molar-refractivity contribution in [3.63, 3.8) is 0 Å². The minimum Gasteiger partial charge on any atom is -0.477 e. The molecule has 2 heterocycles. The summed E-state index contributed by atoms with van der Waals surface area (Å²) in [6.07, 6.45) is 3.92. The average Bonchev–Trinajstić information content (AvgIpc) is 2.95. The number of nitrogens with one attached hydrogen (secondary N) is 1. The highest BCUT2D eigenvalue weighted by Gasteiger charge is 2.31. The molecule has 0 aromatic rings. The Morgan fingerprint density at radius 3 is 2.95 bits per heavy atom. The Bertz CT molecular complexity index is 424. The molecular weight excluding hydrogens is 274 g/mol. The van der Waals surface area contributed by atoms with E-state index in [1.807, 2.05) is 0 Å². The Balaban J connectivity index is 1.61. The molecule has 2 atom stereocenters. The van der Waals surface area contributed by atoms with E-state index in [-0.39, 0.29) is 18.0 Å². The van der Waals surface area contributed by atoms with E-state index < -0.39 is 12.1 Å². The van der Waals surface area contributed by atoms with E-state index in [0.717, 1.165) is 19.5 Å². The first-order chi connectivity index (χ1) is 10.1. The van der Waals surface area contributed by atoms with Crippen LogP contribution in [0.25, 0.3) is 0 Å². The van der Waals surface area contributed by atoms with Gasteiger partial charge in [-0.2, -0.15) is 0 Å². The molecule has 2 unspecified atom stereocenters. The number of piperidine rings is 1. The number of likely N-dealkylation sites (tertiary alicyclic amines) is 1. The molecule has 1 saturated heterocycles. The van der Waals surface area contributed by atoms with Crippen LogP contribution >= 0.6 is 0 Å². The van der Waals surface area contributed by atoms with Gasteiger partial charge in [0.05, 0.1) is 0 Å². The number of nitrogens with zero attached hydrogens (tertiary/aromatic N) is 2. The van der Waals surface area contributed by atoms with Gasteiger partial charge >= 0.3 is 5.97 Å². The molecule has 0 bridgehead atoms. The standard InChI is InChI=1S/C14H23N3O4/c1-10-5-2-3-7-17(10)8-4-6-15-13(18)12-9-11(14(19)20)16-21-12/h10,12H,2-9H2,1H3,(H,15,18)(H,19,20). The van der Waals surface area contributed by atoms with Crippen LogP contribution in [0.15, 0.2) is 5.16 Å². The number of hydrogen-bond acceptors (Lipinski definition) is 5. The Kier molecular flexibility index (Phi) is 5.55. The normalized spacial score (nSPS) is 26.0. The monoisotopic (exact) mass is 297 g/mol. The van der Waals surface area contributed by atoms with Crippen molar-refractivity contribution in [1.82, 2.24) is 10.2 Å². The van der Waals surface area contributed by atoms with Gasteiger partial charge in [0.15, 0.2) is 5.71 Å². The molecule has 0 aromatic heterocycles. The summed E-state index contributed by atoms with van der Waals surface area (Å²) in [7, 11) is 0. The Morgan fingerprint density at radius 2 is 2.29 bits per heavy atom. The molecule has 0 radical (unpaired) electrons. The van der Waals surface area contributed by atoms with Crippen molar-refractivity contribution in [2.45, 2.75) is 51.2 Å². The molecule has 2 aliphatic rings. The zero-order chi connectivity index (χ0) is 15.2. The van der Waals surface area contributed by atoms with Crippen molar-refractivity contribution in [1.29, 1.82) is 0 Å². The molecule has 0 saturated carbocycles. The lowest BCUT2D eigenvalue weighted by molar-refractivity contribution is -0.131. The lowest BCUT2D eigenvalue weighted by atomic mass is 10.0. The maximum atomic E-state index is 11.8. The summed E-state index contributed by atoms with van der Waals surface area (Å²) in [5, 5.41) is 14.9. The molecule has 7 heteroatoms. The second-order valence-electron chi connectivity index (χ2n) is 5.67. The highest BCUT2D eigenvalue weighted by Crippen LogP contribution is 2.16. The lowest BCUT2D eigenvalue weighted by Crippen LogP contribution is -2.40. The number of carbonyl (C=O) groups is 2. The number of oxime groups is 1. The minimum atomic E-state index is -1.13. The smallest absolute Gasteiger partial charge is 0.353 e.